The Morgan fingerprint density at radius 3 is 2.07 bits per heavy atom. The van der Waals surface area contributed by atoms with E-state index in [1.807, 2.05) is 0 Å². The van der Waals surface area contributed by atoms with Gasteiger partial charge in [0.05, 0.1) is 11.8 Å². The van der Waals surface area contributed by atoms with Crippen LogP contribution in [0.1, 0.15) is 22.0 Å². The Morgan fingerprint density at radius 2 is 1.47 bits per heavy atom. The van der Waals surface area contributed by atoms with Gasteiger partial charge in [-0.15, -0.1) is 11.8 Å². The fraction of sp³-hybridized carbons (Fsp3) is 0.130. The first-order valence-electron chi connectivity index (χ1n) is 9.22. The number of carbonyl (C=O) groups excluding carboxylic acids is 2. The van der Waals surface area contributed by atoms with E-state index in [2.05, 4.69) is 0 Å². The maximum atomic E-state index is 13.3. The molecule has 0 radical (unpaired) electrons. The fourth-order valence-electron chi connectivity index (χ4n) is 3.39. The summed E-state index contributed by atoms with van der Waals surface area (Å²) in [5.74, 6) is -1.03. The van der Waals surface area contributed by atoms with Crippen LogP contribution in [-0.2, 0) is 4.79 Å². The van der Waals surface area contributed by atoms with Crippen molar-refractivity contribution < 1.29 is 23.5 Å². The number of β-lactam (4-membered cyclic amide) rings is 1. The molecule has 7 heteroatoms. The molecule has 1 aliphatic heterocycles. The van der Waals surface area contributed by atoms with Gasteiger partial charge in [0.25, 0.3) is 0 Å². The molecule has 1 fully saturated rings. The average Bonchev–Trinajstić information content (AvgIpc) is 2.74. The lowest BCUT2D eigenvalue weighted by Gasteiger charge is -2.47. The second kappa shape index (κ2) is 8.28. The molecule has 0 aromatic heterocycles. The Morgan fingerprint density at radius 1 is 0.900 bits per heavy atom. The predicted molar refractivity (Wildman–Crippen MR) is 112 cm³/mol. The Labute approximate surface area is 176 Å². The smallest absolute Gasteiger partial charge is 0.243 e. The van der Waals surface area contributed by atoms with Gasteiger partial charge in [-0.1, -0.05) is 12.1 Å². The van der Waals surface area contributed by atoms with Gasteiger partial charge < -0.3 is 10.0 Å². The van der Waals surface area contributed by atoms with Crippen LogP contribution in [0.5, 0.6) is 5.75 Å². The normalized spacial score (nSPS) is 18.2. The average molecular weight is 425 g/mol. The van der Waals surface area contributed by atoms with E-state index in [1.165, 1.54) is 72.4 Å². The molecule has 0 saturated carbocycles. The number of ketones is 1. The predicted octanol–water partition coefficient (Wildman–Crippen LogP) is 4.74. The lowest BCUT2D eigenvalue weighted by Crippen LogP contribution is -2.57. The van der Waals surface area contributed by atoms with Crippen molar-refractivity contribution in [2.24, 2.45) is 0 Å². The van der Waals surface area contributed by atoms with Gasteiger partial charge in [0, 0.05) is 11.3 Å². The molecule has 0 spiro atoms. The number of Topliss-reactive ketones (excluding diaryl/α,β-unsaturated/α-hetero) is 1. The highest BCUT2D eigenvalue weighted by atomic mass is 32.2. The second-order valence-corrected chi connectivity index (χ2v) is 8.01. The molecule has 0 bridgehead atoms. The summed E-state index contributed by atoms with van der Waals surface area (Å²) in [6, 6.07) is 17.1. The van der Waals surface area contributed by atoms with Crippen molar-refractivity contribution in [1.82, 2.24) is 0 Å². The number of carbonyl (C=O) groups is 2. The van der Waals surface area contributed by atoms with Gasteiger partial charge in [0.15, 0.2) is 5.78 Å². The number of benzene rings is 3. The molecule has 4 rings (SSSR count). The van der Waals surface area contributed by atoms with Gasteiger partial charge >= 0.3 is 0 Å². The zero-order chi connectivity index (χ0) is 21.3. The zero-order valence-electron chi connectivity index (χ0n) is 15.7. The molecule has 3 aromatic carbocycles. The fourth-order valence-corrected chi connectivity index (χ4v) is 4.61. The Hall–Kier alpha value is -3.19. The summed E-state index contributed by atoms with van der Waals surface area (Å²) < 4.78 is 26.4. The Kier molecular flexibility index (Phi) is 5.55. The third kappa shape index (κ3) is 3.93. The van der Waals surface area contributed by atoms with Crippen molar-refractivity contribution in [1.29, 1.82) is 0 Å². The summed E-state index contributed by atoms with van der Waals surface area (Å²) >= 11 is 1.22. The number of hydrogen-bond acceptors (Lipinski definition) is 4. The molecule has 0 unspecified atom stereocenters. The number of amides is 1. The number of anilines is 1. The van der Waals surface area contributed by atoms with Crippen molar-refractivity contribution in [3.05, 3.63) is 95.6 Å². The number of halogens is 2. The molecular formula is C23H17F2NO3S. The van der Waals surface area contributed by atoms with Crippen molar-refractivity contribution in [3.63, 3.8) is 0 Å². The van der Waals surface area contributed by atoms with E-state index in [-0.39, 0.29) is 29.2 Å². The second-order valence-electron chi connectivity index (χ2n) is 6.88. The summed E-state index contributed by atoms with van der Waals surface area (Å²) in [6.07, 6.45) is 0. The van der Waals surface area contributed by atoms with Crippen molar-refractivity contribution in [2.75, 3.05) is 10.7 Å². The minimum Gasteiger partial charge on any atom is -0.508 e. The maximum absolute atomic E-state index is 13.3. The van der Waals surface area contributed by atoms with Crippen LogP contribution in [0.25, 0.3) is 0 Å². The van der Waals surface area contributed by atoms with Crippen LogP contribution in [-0.4, -0.2) is 27.8 Å². The van der Waals surface area contributed by atoms with Crippen LogP contribution >= 0.6 is 11.8 Å². The summed E-state index contributed by atoms with van der Waals surface area (Å²) in [6.45, 7) is 0. The van der Waals surface area contributed by atoms with E-state index in [9.17, 15) is 23.5 Å². The maximum Gasteiger partial charge on any atom is 0.243 e. The highest BCUT2D eigenvalue weighted by molar-refractivity contribution is 8.01. The van der Waals surface area contributed by atoms with Crippen LogP contribution in [0.3, 0.4) is 0 Å². The van der Waals surface area contributed by atoms with Crippen molar-refractivity contribution in [3.8, 4) is 5.75 Å². The Balaban J connectivity index is 1.55. The van der Waals surface area contributed by atoms with Crippen LogP contribution in [0.15, 0.2) is 72.8 Å². The molecule has 0 aliphatic carbocycles. The number of phenols is 1. The van der Waals surface area contributed by atoms with Gasteiger partial charge in [-0.2, -0.15) is 0 Å². The topological polar surface area (TPSA) is 57.6 Å². The molecule has 1 N–H and O–H groups in total. The first-order valence-corrected chi connectivity index (χ1v) is 10.3. The third-order valence-corrected chi connectivity index (χ3v) is 6.19. The van der Waals surface area contributed by atoms with E-state index in [0.29, 0.717) is 11.3 Å². The summed E-state index contributed by atoms with van der Waals surface area (Å²) in [4.78, 5) is 26.9. The first-order chi connectivity index (χ1) is 14.4. The van der Waals surface area contributed by atoms with E-state index >= 15 is 0 Å². The summed E-state index contributed by atoms with van der Waals surface area (Å²) in [5, 5.41) is 9.07. The van der Waals surface area contributed by atoms with E-state index in [4.69, 9.17) is 0 Å². The molecule has 2 atom stereocenters. The monoisotopic (exact) mass is 425 g/mol. The zero-order valence-corrected chi connectivity index (χ0v) is 16.5. The largest absolute Gasteiger partial charge is 0.508 e. The van der Waals surface area contributed by atoms with Crippen molar-refractivity contribution in [2.45, 2.75) is 11.3 Å². The molecule has 30 heavy (non-hydrogen) atoms. The van der Waals surface area contributed by atoms with Crippen molar-refractivity contribution >= 4 is 29.1 Å². The molecule has 1 aliphatic rings. The molecule has 3 aromatic rings. The highest BCUT2D eigenvalue weighted by Crippen LogP contribution is 2.45. The van der Waals surface area contributed by atoms with E-state index in [0.717, 1.165) is 5.56 Å². The quantitative estimate of drug-likeness (QED) is 0.458. The van der Waals surface area contributed by atoms with Gasteiger partial charge in [-0.05, 0) is 66.2 Å². The van der Waals surface area contributed by atoms with Crippen LogP contribution in [0.2, 0.25) is 0 Å². The molecular weight excluding hydrogens is 408 g/mol. The van der Waals surface area contributed by atoms with Gasteiger partial charge in [-0.25, -0.2) is 8.78 Å². The molecule has 4 nitrogen and oxygen atoms in total. The van der Waals surface area contributed by atoms with Gasteiger partial charge in [-0.3, -0.25) is 9.59 Å². The highest BCUT2D eigenvalue weighted by Gasteiger charge is 2.49. The molecule has 1 saturated heterocycles. The minimum absolute atomic E-state index is 0.0634. The number of nitrogens with zero attached hydrogens (tertiary/aromatic N) is 1. The molecule has 152 valence electrons. The van der Waals surface area contributed by atoms with Crippen LogP contribution < -0.4 is 4.90 Å². The molecule has 1 heterocycles. The van der Waals surface area contributed by atoms with E-state index in [1.54, 1.807) is 17.0 Å². The standard InChI is InChI=1S/C23H17F2NO3S/c24-16-5-1-14(2-6-16)20(28)13-30-22-21(15-3-11-19(27)12-4-15)26(23(22)29)18-9-7-17(25)8-10-18/h1-12,21-22,27H,13H2/t21-,22-/m1/s1. The summed E-state index contributed by atoms with van der Waals surface area (Å²) in [7, 11) is 0. The van der Waals surface area contributed by atoms with Crippen LogP contribution in [0, 0.1) is 11.6 Å². The van der Waals surface area contributed by atoms with Crippen LogP contribution in [0.4, 0.5) is 14.5 Å². The van der Waals surface area contributed by atoms with E-state index < -0.39 is 16.9 Å². The Bertz CT molecular complexity index is 1070. The summed E-state index contributed by atoms with van der Waals surface area (Å²) in [5.41, 5.74) is 1.73. The number of hydrogen-bond donors (Lipinski definition) is 1. The third-order valence-electron chi connectivity index (χ3n) is 4.95. The number of rotatable bonds is 6. The SMILES string of the molecule is O=C(CS[C@H]1C(=O)N(c2ccc(F)cc2)[C@@H]1c1ccc(O)cc1)c1ccc(F)cc1. The van der Waals surface area contributed by atoms with Gasteiger partial charge in [0.2, 0.25) is 5.91 Å². The number of aromatic hydroxyl groups is 1. The first kappa shape index (κ1) is 20.1. The number of thioether (sulfide) groups is 1. The lowest BCUT2D eigenvalue weighted by molar-refractivity contribution is -0.123. The number of phenolic OH excluding ortho intramolecular Hbond substituents is 1. The van der Waals surface area contributed by atoms with Gasteiger partial charge in [0.1, 0.15) is 22.6 Å². The lowest BCUT2D eigenvalue weighted by atomic mass is 9.92. The molecule has 1 amide bonds. The minimum atomic E-state index is -0.510.